The van der Waals surface area contributed by atoms with Gasteiger partial charge in [-0.2, -0.15) is 0 Å². The number of nitrogens with zero attached hydrogens (tertiary/aromatic N) is 6. The number of benzene rings is 1. The summed E-state index contributed by atoms with van der Waals surface area (Å²) in [6, 6.07) is 8.48. The molecule has 0 N–H and O–H groups in total. The van der Waals surface area contributed by atoms with Gasteiger partial charge in [0.15, 0.2) is 0 Å². The smallest absolute Gasteiger partial charge is 0.274 e. The molecule has 2 aliphatic rings. The average Bonchev–Trinajstić information content (AvgIpc) is 3.44. The Balaban J connectivity index is 1.44. The van der Waals surface area contributed by atoms with E-state index >= 15 is 0 Å². The summed E-state index contributed by atoms with van der Waals surface area (Å²) in [4.78, 5) is 30.7. The number of amides is 1. The van der Waals surface area contributed by atoms with Crippen LogP contribution in [0.1, 0.15) is 33.5 Å². The molecule has 0 radical (unpaired) electrons. The summed E-state index contributed by atoms with van der Waals surface area (Å²) in [6.07, 6.45) is 8.59. The van der Waals surface area contributed by atoms with Gasteiger partial charge >= 0.3 is 0 Å². The minimum absolute atomic E-state index is 0.0265. The summed E-state index contributed by atoms with van der Waals surface area (Å²) < 4.78 is 2.08. The van der Waals surface area contributed by atoms with Gasteiger partial charge in [0.25, 0.3) is 5.91 Å². The van der Waals surface area contributed by atoms with E-state index in [1.165, 1.54) is 11.1 Å². The van der Waals surface area contributed by atoms with Gasteiger partial charge in [0.05, 0.1) is 18.8 Å². The van der Waals surface area contributed by atoms with Crippen LogP contribution in [-0.2, 0) is 13.6 Å². The molecule has 2 fully saturated rings. The molecule has 30 heavy (non-hydrogen) atoms. The lowest BCUT2D eigenvalue weighted by atomic mass is 9.87. The molecule has 3 atom stereocenters. The maximum atomic E-state index is 13.4. The molecule has 0 aliphatic carbocycles. The molecule has 7 nitrogen and oxygen atoms in total. The number of likely N-dealkylation sites (tertiary alicyclic amines) is 2. The molecule has 0 saturated carbocycles. The van der Waals surface area contributed by atoms with E-state index in [-0.39, 0.29) is 11.9 Å². The fourth-order valence-electron chi connectivity index (χ4n) is 5.10. The summed E-state index contributed by atoms with van der Waals surface area (Å²) in [5, 5.41) is 0. The first kappa shape index (κ1) is 18.9. The fraction of sp³-hybridized carbons (Fsp3) is 0.391. The maximum Gasteiger partial charge on any atom is 0.274 e. The Hall–Kier alpha value is -3.06. The molecule has 2 saturated heterocycles. The molecular weight excluding hydrogens is 376 g/mol. The van der Waals surface area contributed by atoms with Crippen LogP contribution in [0, 0.1) is 18.8 Å². The minimum Gasteiger partial charge on any atom is -0.337 e. The van der Waals surface area contributed by atoms with Crippen LogP contribution in [0.2, 0.25) is 0 Å². The minimum atomic E-state index is -0.0265. The zero-order chi connectivity index (χ0) is 20.7. The quantitative estimate of drug-likeness (QED) is 0.671. The first-order chi connectivity index (χ1) is 14.6. The molecule has 1 aromatic carbocycles. The Morgan fingerprint density at radius 1 is 1.10 bits per heavy atom. The molecule has 7 heteroatoms. The van der Waals surface area contributed by atoms with Crippen molar-refractivity contribution in [3.63, 3.8) is 0 Å². The predicted octanol–water partition coefficient (Wildman–Crippen LogP) is 2.46. The van der Waals surface area contributed by atoms with E-state index in [4.69, 9.17) is 0 Å². The van der Waals surface area contributed by atoms with Crippen molar-refractivity contribution in [2.45, 2.75) is 19.5 Å². The third-order valence-electron chi connectivity index (χ3n) is 6.58. The highest BCUT2D eigenvalue weighted by Gasteiger charge is 2.49. The molecule has 2 aromatic heterocycles. The average molecular weight is 403 g/mol. The number of rotatable bonds is 4. The largest absolute Gasteiger partial charge is 0.337 e. The van der Waals surface area contributed by atoms with Crippen LogP contribution in [0.5, 0.6) is 0 Å². The lowest BCUT2D eigenvalue weighted by Gasteiger charge is -2.30. The number of aromatic nitrogens is 4. The van der Waals surface area contributed by atoms with Crippen molar-refractivity contribution in [3.8, 4) is 0 Å². The summed E-state index contributed by atoms with van der Waals surface area (Å²) in [5.74, 6) is 1.89. The Bertz CT molecular complexity index is 1050. The van der Waals surface area contributed by atoms with E-state index in [0.29, 0.717) is 17.5 Å². The molecule has 3 aromatic rings. The number of hydrogen-bond donors (Lipinski definition) is 0. The van der Waals surface area contributed by atoms with Crippen LogP contribution in [0.4, 0.5) is 0 Å². The Labute approximate surface area is 176 Å². The zero-order valence-electron chi connectivity index (χ0n) is 17.3. The highest BCUT2D eigenvalue weighted by atomic mass is 16.2. The van der Waals surface area contributed by atoms with Gasteiger partial charge < -0.3 is 9.47 Å². The zero-order valence-corrected chi connectivity index (χ0v) is 17.3. The van der Waals surface area contributed by atoms with E-state index < -0.39 is 0 Å². The van der Waals surface area contributed by atoms with E-state index in [1.807, 2.05) is 24.3 Å². The third-order valence-corrected chi connectivity index (χ3v) is 6.58. The second-order valence-electron chi connectivity index (χ2n) is 8.42. The number of imidazole rings is 1. The van der Waals surface area contributed by atoms with Crippen LogP contribution >= 0.6 is 0 Å². The van der Waals surface area contributed by atoms with Gasteiger partial charge in [0.2, 0.25) is 0 Å². The van der Waals surface area contributed by atoms with Crippen LogP contribution in [-0.4, -0.2) is 54.9 Å². The lowest BCUT2D eigenvalue weighted by molar-refractivity contribution is 0.0692. The molecule has 0 spiro atoms. The number of carbonyl (C=O) groups is 1. The van der Waals surface area contributed by atoms with E-state index in [1.54, 1.807) is 18.6 Å². The highest BCUT2D eigenvalue weighted by molar-refractivity contribution is 5.92. The van der Waals surface area contributed by atoms with Crippen molar-refractivity contribution in [1.82, 2.24) is 29.3 Å². The SMILES string of the molecule is Cc1ccccc1[C@@H]1[C@H]2CN(Cc3nccn3C)C[C@H]2CN1C(=O)c1cnccn1. The van der Waals surface area contributed by atoms with E-state index in [0.717, 1.165) is 32.0 Å². The van der Waals surface area contributed by atoms with Gasteiger partial charge in [-0.1, -0.05) is 24.3 Å². The van der Waals surface area contributed by atoms with Gasteiger partial charge in [0, 0.05) is 57.4 Å². The Morgan fingerprint density at radius 3 is 2.70 bits per heavy atom. The van der Waals surface area contributed by atoms with Crippen LogP contribution in [0.15, 0.2) is 55.2 Å². The molecule has 1 amide bonds. The molecule has 2 aliphatic heterocycles. The van der Waals surface area contributed by atoms with Gasteiger partial charge in [-0.25, -0.2) is 9.97 Å². The second kappa shape index (κ2) is 7.65. The van der Waals surface area contributed by atoms with Crippen molar-refractivity contribution >= 4 is 5.91 Å². The molecule has 5 rings (SSSR count). The van der Waals surface area contributed by atoms with Crippen molar-refractivity contribution in [1.29, 1.82) is 0 Å². The summed E-state index contributed by atoms with van der Waals surface area (Å²) in [5.41, 5.74) is 2.88. The Morgan fingerprint density at radius 2 is 1.97 bits per heavy atom. The predicted molar refractivity (Wildman–Crippen MR) is 112 cm³/mol. The topological polar surface area (TPSA) is 67.2 Å². The number of aryl methyl sites for hydroxylation is 2. The van der Waals surface area contributed by atoms with Crippen LogP contribution in [0.3, 0.4) is 0 Å². The molecule has 4 heterocycles. The van der Waals surface area contributed by atoms with Gasteiger partial charge in [-0.15, -0.1) is 0 Å². The van der Waals surface area contributed by atoms with Gasteiger partial charge in [-0.3, -0.25) is 14.7 Å². The van der Waals surface area contributed by atoms with Crippen molar-refractivity contribution < 1.29 is 4.79 Å². The van der Waals surface area contributed by atoms with E-state index in [9.17, 15) is 4.79 Å². The number of fused-ring (bicyclic) bond motifs is 1. The van der Waals surface area contributed by atoms with Crippen LogP contribution in [0.25, 0.3) is 0 Å². The number of carbonyl (C=O) groups excluding carboxylic acids is 1. The summed E-state index contributed by atoms with van der Waals surface area (Å²) in [6.45, 7) is 5.66. The van der Waals surface area contributed by atoms with Crippen molar-refractivity contribution in [2.24, 2.45) is 18.9 Å². The molecule has 0 unspecified atom stereocenters. The lowest BCUT2D eigenvalue weighted by Crippen LogP contribution is -2.36. The fourth-order valence-corrected chi connectivity index (χ4v) is 5.10. The number of hydrogen-bond acceptors (Lipinski definition) is 5. The highest BCUT2D eigenvalue weighted by Crippen LogP contribution is 2.46. The van der Waals surface area contributed by atoms with Crippen molar-refractivity contribution in [2.75, 3.05) is 19.6 Å². The Kier molecular flexibility index (Phi) is 4.83. The molecular formula is C23H26N6O. The summed E-state index contributed by atoms with van der Waals surface area (Å²) in [7, 11) is 2.04. The van der Waals surface area contributed by atoms with E-state index in [2.05, 4.69) is 55.6 Å². The van der Waals surface area contributed by atoms with Crippen molar-refractivity contribution in [3.05, 3.63) is 77.9 Å². The monoisotopic (exact) mass is 402 g/mol. The van der Waals surface area contributed by atoms with Gasteiger partial charge in [0.1, 0.15) is 11.5 Å². The molecule has 0 bridgehead atoms. The van der Waals surface area contributed by atoms with Crippen LogP contribution < -0.4 is 0 Å². The third kappa shape index (κ3) is 3.29. The normalized spacial score (nSPS) is 23.7. The first-order valence-electron chi connectivity index (χ1n) is 10.4. The standard InChI is InChI=1S/C23H26N6O/c1-16-5-3-4-6-18(16)22-19-14-28(15-21-26-9-10-27(21)2)12-17(19)13-29(22)23(30)20-11-24-7-8-25-20/h3-11,17,19,22H,12-15H2,1-2H3/t17-,19-,22+/m0/s1. The second-order valence-corrected chi connectivity index (χ2v) is 8.42. The summed E-state index contributed by atoms with van der Waals surface area (Å²) >= 11 is 0. The maximum absolute atomic E-state index is 13.4. The first-order valence-corrected chi connectivity index (χ1v) is 10.4. The van der Waals surface area contributed by atoms with Gasteiger partial charge in [-0.05, 0) is 24.0 Å². The molecule has 154 valence electrons.